The van der Waals surface area contributed by atoms with Gasteiger partial charge in [-0.25, -0.2) is 0 Å². The van der Waals surface area contributed by atoms with Crippen molar-refractivity contribution in [3.8, 4) is 11.1 Å². The Morgan fingerprint density at radius 2 is 1.57 bits per heavy atom. The van der Waals surface area contributed by atoms with Gasteiger partial charge in [0.1, 0.15) is 5.00 Å². The first-order chi connectivity index (χ1) is 14.3. The number of anilines is 1. The van der Waals surface area contributed by atoms with Crippen LogP contribution in [0.25, 0.3) is 11.1 Å². The number of nitrogens with two attached hydrogens (primary N) is 1. The molecule has 0 saturated heterocycles. The summed E-state index contributed by atoms with van der Waals surface area (Å²) in [6.45, 7) is 3.88. The van der Waals surface area contributed by atoms with E-state index in [-0.39, 0.29) is 17.7 Å². The van der Waals surface area contributed by atoms with Gasteiger partial charge in [0.25, 0.3) is 5.91 Å². The van der Waals surface area contributed by atoms with Gasteiger partial charge in [0, 0.05) is 10.4 Å². The number of aliphatic carboxylic acids is 1. The van der Waals surface area contributed by atoms with Crippen molar-refractivity contribution in [2.45, 2.75) is 39.5 Å². The molecule has 158 valence electrons. The van der Waals surface area contributed by atoms with E-state index in [1.54, 1.807) is 0 Å². The molecule has 30 heavy (non-hydrogen) atoms. The zero-order chi connectivity index (χ0) is 21.6. The number of hydrogen-bond donors (Lipinski definition) is 3. The molecule has 0 unspecified atom stereocenters. The summed E-state index contributed by atoms with van der Waals surface area (Å²) < 4.78 is 0. The molecule has 3 fully saturated rings. The Labute approximate surface area is 179 Å². The van der Waals surface area contributed by atoms with Gasteiger partial charge in [-0.2, -0.15) is 0 Å². The molecular weight excluding hydrogens is 400 g/mol. The van der Waals surface area contributed by atoms with E-state index in [0.29, 0.717) is 10.6 Å². The Bertz CT molecular complexity index is 1000. The molecule has 1 aromatic carbocycles. The van der Waals surface area contributed by atoms with E-state index in [0.717, 1.165) is 47.3 Å². The monoisotopic (exact) mass is 426 g/mol. The summed E-state index contributed by atoms with van der Waals surface area (Å²) in [4.78, 5) is 38.4. The minimum atomic E-state index is -0.901. The van der Waals surface area contributed by atoms with Crippen LogP contribution < -0.4 is 11.1 Å². The quantitative estimate of drug-likeness (QED) is 0.665. The number of hydrogen-bond acceptors (Lipinski definition) is 4. The maximum Gasteiger partial charge on any atom is 0.307 e. The SMILES string of the molecule is Cc1ccc(-c2c(C)sc(NC(=O)[C@@H]3C4CCC(CC4)[C@H]3C(=O)O)c2C(N)=O)cc1. The first kappa shape index (κ1) is 20.6. The molecule has 7 heteroatoms. The van der Waals surface area contributed by atoms with Gasteiger partial charge < -0.3 is 16.2 Å². The lowest BCUT2D eigenvalue weighted by Gasteiger charge is -2.45. The maximum absolute atomic E-state index is 13.2. The van der Waals surface area contributed by atoms with Crippen LogP contribution in [-0.2, 0) is 9.59 Å². The normalized spacial score (nSPS) is 25.1. The number of nitrogens with one attached hydrogen (secondary N) is 1. The molecule has 4 N–H and O–H groups in total. The van der Waals surface area contributed by atoms with Gasteiger partial charge in [-0.3, -0.25) is 14.4 Å². The fourth-order valence-electron chi connectivity index (χ4n) is 5.31. The fraction of sp³-hybridized carbons (Fsp3) is 0.435. The van der Waals surface area contributed by atoms with Crippen molar-refractivity contribution in [1.82, 2.24) is 0 Å². The van der Waals surface area contributed by atoms with Gasteiger partial charge >= 0.3 is 5.97 Å². The molecule has 2 bridgehead atoms. The van der Waals surface area contributed by atoms with Crippen LogP contribution in [0.2, 0.25) is 0 Å². The number of rotatable bonds is 5. The molecular formula is C23H26N2O4S. The lowest BCUT2D eigenvalue weighted by molar-refractivity contribution is -0.156. The van der Waals surface area contributed by atoms with E-state index < -0.39 is 23.7 Å². The second-order valence-electron chi connectivity index (χ2n) is 8.52. The summed E-state index contributed by atoms with van der Waals surface area (Å²) in [6, 6.07) is 7.79. The van der Waals surface area contributed by atoms with Crippen LogP contribution in [0.1, 0.15) is 46.5 Å². The van der Waals surface area contributed by atoms with Crippen LogP contribution in [0.5, 0.6) is 0 Å². The van der Waals surface area contributed by atoms with Crippen LogP contribution in [0.15, 0.2) is 24.3 Å². The second kappa shape index (κ2) is 7.87. The number of amides is 2. The number of carbonyl (C=O) groups excluding carboxylic acids is 2. The zero-order valence-corrected chi connectivity index (χ0v) is 17.9. The molecule has 1 heterocycles. The predicted molar refractivity (Wildman–Crippen MR) is 116 cm³/mol. The lowest BCUT2D eigenvalue weighted by atomic mass is 9.58. The van der Waals surface area contributed by atoms with Crippen LogP contribution in [0.3, 0.4) is 0 Å². The molecule has 2 amide bonds. The smallest absolute Gasteiger partial charge is 0.307 e. The molecule has 3 aliphatic rings. The molecule has 0 spiro atoms. The van der Waals surface area contributed by atoms with E-state index in [2.05, 4.69) is 5.32 Å². The van der Waals surface area contributed by atoms with E-state index in [1.165, 1.54) is 11.3 Å². The average molecular weight is 427 g/mol. The third kappa shape index (κ3) is 3.51. The van der Waals surface area contributed by atoms with Crippen molar-refractivity contribution < 1.29 is 19.5 Å². The number of thiophene rings is 1. The molecule has 6 nitrogen and oxygen atoms in total. The van der Waals surface area contributed by atoms with Gasteiger partial charge in [0.05, 0.1) is 17.4 Å². The van der Waals surface area contributed by atoms with Crippen molar-refractivity contribution in [3.63, 3.8) is 0 Å². The van der Waals surface area contributed by atoms with Crippen molar-refractivity contribution in [3.05, 3.63) is 40.3 Å². The minimum absolute atomic E-state index is 0.0482. The molecule has 2 atom stereocenters. The number of benzene rings is 1. The van der Waals surface area contributed by atoms with Crippen LogP contribution in [0, 0.1) is 37.5 Å². The topological polar surface area (TPSA) is 109 Å². The maximum atomic E-state index is 13.2. The van der Waals surface area contributed by atoms with E-state index in [9.17, 15) is 19.5 Å². The van der Waals surface area contributed by atoms with Crippen LogP contribution in [-0.4, -0.2) is 22.9 Å². The summed E-state index contributed by atoms with van der Waals surface area (Å²) in [5.74, 6) is -2.92. The molecule has 3 aliphatic carbocycles. The molecule has 0 aliphatic heterocycles. The predicted octanol–water partition coefficient (Wildman–Crippen LogP) is 4.21. The van der Waals surface area contributed by atoms with E-state index in [4.69, 9.17) is 5.73 Å². The van der Waals surface area contributed by atoms with Gasteiger partial charge in [-0.1, -0.05) is 29.8 Å². The Hall–Kier alpha value is -2.67. The van der Waals surface area contributed by atoms with Gasteiger partial charge in [0.15, 0.2) is 0 Å². The Morgan fingerprint density at radius 3 is 2.10 bits per heavy atom. The highest BCUT2D eigenvalue weighted by Crippen LogP contribution is 2.50. The Kier molecular flexibility index (Phi) is 5.40. The molecule has 2 aromatic rings. The third-order valence-corrected chi connectivity index (χ3v) is 7.74. The van der Waals surface area contributed by atoms with Crippen molar-refractivity contribution in [1.29, 1.82) is 0 Å². The Morgan fingerprint density at radius 1 is 1.00 bits per heavy atom. The third-order valence-electron chi connectivity index (χ3n) is 6.71. The summed E-state index contributed by atoms with van der Waals surface area (Å²) in [7, 11) is 0. The standard InChI is InChI=1S/C23H26N2O4S/c1-11-3-5-13(6-4-11)16-12(2)30-22(19(16)20(24)26)25-21(27)17-14-7-9-15(10-8-14)18(17)23(28)29/h3-6,14-15,17-18H,7-10H2,1-2H3,(H2,24,26)(H,25,27)(H,28,29)/t14?,15?,17-,18-/m1/s1. The molecule has 1 aromatic heterocycles. The highest BCUT2D eigenvalue weighted by molar-refractivity contribution is 7.17. The second-order valence-corrected chi connectivity index (χ2v) is 9.75. The summed E-state index contributed by atoms with van der Waals surface area (Å²) in [5, 5.41) is 13.1. The first-order valence-electron chi connectivity index (χ1n) is 10.3. The number of carboxylic acid groups (broad SMARTS) is 1. The van der Waals surface area contributed by atoms with Gasteiger partial charge in [-0.05, 0) is 56.9 Å². The average Bonchev–Trinajstić information content (AvgIpc) is 3.04. The van der Waals surface area contributed by atoms with Crippen LogP contribution >= 0.6 is 11.3 Å². The highest BCUT2D eigenvalue weighted by Gasteiger charge is 2.50. The summed E-state index contributed by atoms with van der Waals surface area (Å²) >= 11 is 1.31. The number of fused-ring (bicyclic) bond motifs is 3. The molecule has 3 saturated carbocycles. The largest absolute Gasteiger partial charge is 0.481 e. The zero-order valence-electron chi connectivity index (χ0n) is 17.1. The number of carboxylic acids is 1. The van der Waals surface area contributed by atoms with E-state index >= 15 is 0 Å². The number of carbonyl (C=O) groups is 3. The fourth-order valence-corrected chi connectivity index (χ4v) is 6.40. The highest BCUT2D eigenvalue weighted by atomic mass is 32.1. The van der Waals surface area contributed by atoms with E-state index in [1.807, 2.05) is 38.1 Å². The summed E-state index contributed by atoms with van der Waals surface area (Å²) in [5.41, 5.74) is 8.70. The van der Waals surface area contributed by atoms with Crippen molar-refractivity contribution in [2.75, 3.05) is 5.32 Å². The summed E-state index contributed by atoms with van der Waals surface area (Å²) in [6.07, 6.45) is 3.50. The number of aryl methyl sites for hydroxylation is 2. The lowest BCUT2D eigenvalue weighted by Crippen LogP contribution is -2.49. The Balaban J connectivity index is 1.68. The van der Waals surface area contributed by atoms with Crippen molar-refractivity contribution in [2.24, 2.45) is 29.4 Å². The first-order valence-corrected chi connectivity index (χ1v) is 11.1. The van der Waals surface area contributed by atoms with Gasteiger partial charge in [-0.15, -0.1) is 11.3 Å². The molecule has 0 radical (unpaired) electrons. The van der Waals surface area contributed by atoms with Crippen LogP contribution in [0.4, 0.5) is 5.00 Å². The number of primary amides is 1. The van der Waals surface area contributed by atoms with Crippen molar-refractivity contribution >= 4 is 34.1 Å². The van der Waals surface area contributed by atoms with Gasteiger partial charge in [0.2, 0.25) is 5.91 Å². The minimum Gasteiger partial charge on any atom is -0.481 e. The molecule has 5 rings (SSSR count).